The van der Waals surface area contributed by atoms with Gasteiger partial charge in [-0.25, -0.2) is 0 Å². The second-order valence-electron chi connectivity index (χ2n) is 4.88. The number of hydrogen-bond acceptors (Lipinski definition) is 5. The molecule has 2 unspecified atom stereocenters. The van der Waals surface area contributed by atoms with Gasteiger partial charge in [-0.2, -0.15) is 0 Å². The molecule has 0 radical (unpaired) electrons. The average molecular weight is 291 g/mol. The van der Waals surface area contributed by atoms with Gasteiger partial charge in [0.1, 0.15) is 0 Å². The Hall–Kier alpha value is -0.200. The number of unbranched alkanes of at least 4 members (excludes halogenated alkanes) is 1. The molecule has 0 aromatic rings. The van der Waals surface area contributed by atoms with E-state index in [9.17, 15) is 5.11 Å². The van der Waals surface area contributed by atoms with Gasteiger partial charge in [-0.3, -0.25) is 0 Å². The van der Waals surface area contributed by atoms with Gasteiger partial charge in [-0.1, -0.05) is 27.2 Å². The number of likely N-dealkylation sites (N-methyl/N-ethyl adjacent to an activating group) is 1. The van der Waals surface area contributed by atoms with Crippen molar-refractivity contribution >= 4 is 0 Å². The maximum atomic E-state index is 9.80. The van der Waals surface area contributed by atoms with Crippen molar-refractivity contribution in [2.45, 2.75) is 52.9 Å². The minimum atomic E-state index is -0.437. The highest BCUT2D eigenvalue weighted by Gasteiger charge is 2.09. The smallest absolute Gasteiger partial charge is 0.154 e. The first-order chi connectivity index (χ1) is 9.63. The number of ether oxygens (including phenoxy) is 3. The molecule has 0 aliphatic heterocycles. The largest absolute Gasteiger partial charge is 0.389 e. The Morgan fingerprint density at radius 2 is 1.65 bits per heavy atom. The van der Waals surface area contributed by atoms with E-state index >= 15 is 0 Å². The normalized spacial score (nSPS) is 14.7. The first kappa shape index (κ1) is 19.8. The van der Waals surface area contributed by atoms with Crippen LogP contribution in [0.15, 0.2) is 0 Å². The molecule has 0 bridgehead atoms. The Bertz CT molecular complexity index is 200. The molecule has 1 N–H and O–H groups in total. The van der Waals surface area contributed by atoms with Crippen molar-refractivity contribution in [1.82, 2.24) is 4.90 Å². The van der Waals surface area contributed by atoms with E-state index in [0.29, 0.717) is 26.4 Å². The van der Waals surface area contributed by atoms with Crippen LogP contribution < -0.4 is 0 Å². The minimum Gasteiger partial charge on any atom is -0.389 e. The Morgan fingerprint density at radius 3 is 2.25 bits per heavy atom. The van der Waals surface area contributed by atoms with E-state index in [1.54, 1.807) is 0 Å². The topological polar surface area (TPSA) is 51.2 Å². The van der Waals surface area contributed by atoms with Crippen LogP contribution in [0.4, 0.5) is 0 Å². The summed E-state index contributed by atoms with van der Waals surface area (Å²) in [5.74, 6) is 0. The predicted octanol–water partition coefficient (Wildman–Crippen LogP) is 1.88. The van der Waals surface area contributed by atoms with Crippen LogP contribution in [0.25, 0.3) is 0 Å². The highest BCUT2D eigenvalue weighted by Crippen LogP contribution is 1.97. The summed E-state index contributed by atoms with van der Waals surface area (Å²) in [5.41, 5.74) is 0. The van der Waals surface area contributed by atoms with Crippen molar-refractivity contribution in [3.63, 3.8) is 0 Å². The van der Waals surface area contributed by atoms with E-state index in [1.165, 1.54) is 0 Å². The molecule has 0 saturated carbocycles. The second-order valence-corrected chi connectivity index (χ2v) is 4.88. The Kier molecular flexibility index (Phi) is 13.6. The van der Waals surface area contributed by atoms with Crippen molar-refractivity contribution < 1.29 is 19.3 Å². The van der Waals surface area contributed by atoms with Crippen LogP contribution >= 0.6 is 0 Å². The van der Waals surface area contributed by atoms with Crippen LogP contribution in [0, 0.1) is 0 Å². The molecule has 0 heterocycles. The number of rotatable bonds is 14. The SMILES string of the molecule is CCCCOC(C)OCCOCC(O)CN(CC)CC. The standard InChI is InChI=1S/C15H33NO4/c1-5-8-9-19-14(4)20-11-10-18-13-15(17)12-16(6-2)7-3/h14-15,17H,5-13H2,1-4H3. The molecule has 0 aromatic carbocycles. The van der Waals surface area contributed by atoms with Crippen LogP contribution in [0.2, 0.25) is 0 Å². The summed E-state index contributed by atoms with van der Waals surface area (Å²) in [6.07, 6.45) is 1.56. The zero-order valence-electron chi connectivity index (χ0n) is 13.6. The van der Waals surface area contributed by atoms with Gasteiger partial charge < -0.3 is 24.2 Å². The molecule has 2 atom stereocenters. The molecular weight excluding hydrogens is 258 g/mol. The maximum Gasteiger partial charge on any atom is 0.154 e. The van der Waals surface area contributed by atoms with Gasteiger partial charge in [0, 0.05) is 13.2 Å². The zero-order chi connectivity index (χ0) is 15.2. The van der Waals surface area contributed by atoms with Crippen LogP contribution in [0.1, 0.15) is 40.5 Å². The third-order valence-corrected chi connectivity index (χ3v) is 3.10. The first-order valence-electron chi connectivity index (χ1n) is 7.85. The fraction of sp³-hybridized carbons (Fsp3) is 1.00. The van der Waals surface area contributed by atoms with E-state index in [2.05, 4.69) is 25.7 Å². The summed E-state index contributed by atoms with van der Waals surface area (Å²) < 4.78 is 16.3. The molecule has 0 spiro atoms. The predicted molar refractivity (Wildman–Crippen MR) is 80.9 cm³/mol. The Morgan fingerprint density at radius 1 is 1.00 bits per heavy atom. The van der Waals surface area contributed by atoms with Crippen molar-refractivity contribution in [2.24, 2.45) is 0 Å². The van der Waals surface area contributed by atoms with Gasteiger partial charge in [0.05, 0.1) is 25.9 Å². The monoisotopic (exact) mass is 291 g/mol. The van der Waals surface area contributed by atoms with E-state index in [1.807, 2.05) is 6.92 Å². The molecule has 5 heteroatoms. The Balaban J connectivity index is 3.42. The second kappa shape index (κ2) is 13.8. The number of nitrogens with zero attached hydrogens (tertiary/aromatic N) is 1. The van der Waals surface area contributed by atoms with Crippen LogP contribution in [0.3, 0.4) is 0 Å². The zero-order valence-corrected chi connectivity index (χ0v) is 13.6. The molecule has 0 aliphatic rings. The number of aliphatic hydroxyl groups is 1. The summed E-state index contributed by atoms with van der Waals surface area (Å²) >= 11 is 0. The molecule has 0 aromatic heterocycles. The van der Waals surface area contributed by atoms with Crippen LogP contribution in [-0.4, -0.2) is 68.5 Å². The Labute approximate surface area is 124 Å². The third-order valence-electron chi connectivity index (χ3n) is 3.10. The minimum absolute atomic E-state index is 0.189. The van der Waals surface area contributed by atoms with Gasteiger partial charge >= 0.3 is 0 Å². The van der Waals surface area contributed by atoms with E-state index in [-0.39, 0.29) is 6.29 Å². The first-order valence-corrected chi connectivity index (χ1v) is 7.85. The summed E-state index contributed by atoms with van der Waals surface area (Å²) in [5, 5.41) is 9.80. The molecule has 0 rings (SSSR count). The number of hydrogen-bond donors (Lipinski definition) is 1. The van der Waals surface area contributed by atoms with Crippen LogP contribution in [0.5, 0.6) is 0 Å². The molecule has 122 valence electrons. The quantitative estimate of drug-likeness (QED) is 0.391. The molecule has 0 fully saturated rings. The summed E-state index contributed by atoms with van der Waals surface area (Å²) in [6, 6.07) is 0. The van der Waals surface area contributed by atoms with E-state index in [4.69, 9.17) is 14.2 Å². The van der Waals surface area contributed by atoms with Gasteiger partial charge in [0.2, 0.25) is 0 Å². The lowest BCUT2D eigenvalue weighted by atomic mass is 10.3. The summed E-state index contributed by atoms with van der Waals surface area (Å²) in [6.45, 7) is 12.8. The number of aliphatic hydroxyl groups excluding tert-OH is 1. The molecule has 5 nitrogen and oxygen atoms in total. The van der Waals surface area contributed by atoms with E-state index in [0.717, 1.165) is 32.5 Å². The fourth-order valence-electron chi connectivity index (χ4n) is 1.77. The third kappa shape index (κ3) is 11.6. The lowest BCUT2D eigenvalue weighted by molar-refractivity contribution is -0.141. The molecular formula is C15H33NO4. The lowest BCUT2D eigenvalue weighted by Crippen LogP contribution is -2.35. The van der Waals surface area contributed by atoms with Crippen molar-refractivity contribution in [1.29, 1.82) is 0 Å². The van der Waals surface area contributed by atoms with Crippen molar-refractivity contribution in [3.8, 4) is 0 Å². The average Bonchev–Trinajstić information content (AvgIpc) is 2.44. The van der Waals surface area contributed by atoms with E-state index < -0.39 is 6.10 Å². The molecule has 20 heavy (non-hydrogen) atoms. The van der Waals surface area contributed by atoms with Crippen molar-refractivity contribution in [2.75, 3.05) is 46.1 Å². The van der Waals surface area contributed by atoms with Gasteiger partial charge in [-0.05, 0) is 26.4 Å². The summed E-state index contributed by atoms with van der Waals surface area (Å²) in [4.78, 5) is 2.17. The molecule has 0 aliphatic carbocycles. The molecule has 0 saturated heterocycles. The van der Waals surface area contributed by atoms with Crippen LogP contribution in [-0.2, 0) is 14.2 Å². The van der Waals surface area contributed by atoms with Gasteiger partial charge in [0.15, 0.2) is 6.29 Å². The van der Waals surface area contributed by atoms with Crippen molar-refractivity contribution in [3.05, 3.63) is 0 Å². The van der Waals surface area contributed by atoms with Gasteiger partial charge in [0.25, 0.3) is 0 Å². The molecule has 0 amide bonds. The highest BCUT2D eigenvalue weighted by atomic mass is 16.7. The fourth-order valence-corrected chi connectivity index (χ4v) is 1.77. The summed E-state index contributed by atoms with van der Waals surface area (Å²) in [7, 11) is 0. The highest BCUT2D eigenvalue weighted by molar-refractivity contribution is 4.61. The van der Waals surface area contributed by atoms with Gasteiger partial charge in [-0.15, -0.1) is 0 Å². The lowest BCUT2D eigenvalue weighted by Gasteiger charge is -2.21. The maximum absolute atomic E-state index is 9.80.